The zero-order valence-corrected chi connectivity index (χ0v) is 30.1. The van der Waals surface area contributed by atoms with Crippen LogP contribution in [0.4, 0.5) is 4.79 Å². The van der Waals surface area contributed by atoms with Gasteiger partial charge < -0.3 is 30.2 Å². The lowest BCUT2D eigenvalue weighted by atomic mass is 10.0. The van der Waals surface area contributed by atoms with E-state index in [1.54, 1.807) is 18.0 Å². The monoisotopic (exact) mass is 694 g/mol. The summed E-state index contributed by atoms with van der Waals surface area (Å²) in [5.41, 5.74) is 5.97. The normalized spacial score (nSPS) is 18.7. The summed E-state index contributed by atoms with van der Waals surface area (Å²) in [6.45, 7) is 11.1. The molecule has 2 saturated heterocycles. The van der Waals surface area contributed by atoms with E-state index in [1.165, 1.54) is 0 Å². The van der Waals surface area contributed by atoms with Gasteiger partial charge in [0.15, 0.2) is 0 Å². The Morgan fingerprint density at radius 1 is 0.765 bits per heavy atom. The Kier molecular flexibility index (Phi) is 11.2. The van der Waals surface area contributed by atoms with Gasteiger partial charge in [-0.05, 0) is 87.7 Å². The van der Waals surface area contributed by atoms with Gasteiger partial charge in [0.2, 0.25) is 11.8 Å². The third-order valence-electron chi connectivity index (χ3n) is 10.3. The number of hydrogen-bond donors (Lipinski definition) is 4. The Labute approximate surface area is 299 Å². The van der Waals surface area contributed by atoms with Gasteiger partial charge in [0.25, 0.3) is 0 Å². The van der Waals surface area contributed by atoms with E-state index >= 15 is 0 Å². The van der Waals surface area contributed by atoms with Gasteiger partial charge in [0.05, 0.1) is 41.9 Å². The van der Waals surface area contributed by atoms with Gasteiger partial charge in [-0.3, -0.25) is 14.5 Å². The van der Waals surface area contributed by atoms with E-state index in [0.717, 1.165) is 97.6 Å². The smallest absolute Gasteiger partial charge is 0.405 e. The lowest BCUT2D eigenvalue weighted by Crippen LogP contribution is -2.47. The molecule has 2 aliphatic rings. The maximum absolute atomic E-state index is 13.6. The summed E-state index contributed by atoms with van der Waals surface area (Å²) in [5.74, 6) is 1.49. The number of H-pyrrole nitrogens is 2. The molecule has 0 spiro atoms. The van der Waals surface area contributed by atoms with Crippen LogP contribution in [0.5, 0.6) is 0 Å². The van der Waals surface area contributed by atoms with Crippen LogP contribution >= 0.6 is 0 Å². The lowest BCUT2D eigenvalue weighted by Gasteiger charge is -2.33. The molecule has 0 saturated carbocycles. The minimum atomic E-state index is -1.22. The van der Waals surface area contributed by atoms with Gasteiger partial charge in [-0.25, -0.2) is 14.8 Å². The highest BCUT2D eigenvalue weighted by molar-refractivity contribution is 5.85. The number of benzene rings is 2. The van der Waals surface area contributed by atoms with Gasteiger partial charge in [-0.2, -0.15) is 0 Å². The van der Waals surface area contributed by atoms with Gasteiger partial charge in [-0.15, -0.1) is 0 Å². The van der Waals surface area contributed by atoms with Crippen LogP contribution in [0.1, 0.15) is 90.0 Å². The summed E-state index contributed by atoms with van der Waals surface area (Å²) in [6.07, 6.45) is 7.98. The Morgan fingerprint density at radius 3 is 1.63 bits per heavy atom. The minimum Gasteiger partial charge on any atom is -0.465 e. The van der Waals surface area contributed by atoms with E-state index in [9.17, 15) is 14.4 Å². The highest BCUT2D eigenvalue weighted by Gasteiger charge is 2.36. The number of carbonyl (C=O) groups is 3. The van der Waals surface area contributed by atoms with Crippen molar-refractivity contribution in [2.45, 2.75) is 90.4 Å². The highest BCUT2D eigenvalue weighted by Crippen LogP contribution is 2.34. The second kappa shape index (κ2) is 15.9. The van der Waals surface area contributed by atoms with Gasteiger partial charge >= 0.3 is 6.09 Å². The molecule has 6 rings (SSSR count). The fraction of sp³-hybridized carbons (Fsp3) is 0.462. The SMILES string of the molecule is CCCN(CCC)[C@@H](C)C(=O)N1CCC[C@H]1c1ncc(-c2ccc(-c3ccc(-c4cnc([C@@H]5CCCN5C(=O)[C@H](C)NC(=O)O)[nH]4)cc3)cc2)[nH]1. The van der Waals surface area contributed by atoms with Crippen LogP contribution < -0.4 is 5.32 Å². The molecule has 0 bridgehead atoms. The Morgan fingerprint density at radius 2 is 1.20 bits per heavy atom. The molecule has 12 nitrogen and oxygen atoms in total. The number of likely N-dealkylation sites (tertiary alicyclic amines) is 2. The van der Waals surface area contributed by atoms with Crippen molar-refractivity contribution in [1.29, 1.82) is 0 Å². The van der Waals surface area contributed by atoms with Crippen molar-refractivity contribution in [3.05, 3.63) is 72.6 Å². The molecule has 0 unspecified atom stereocenters. The molecule has 270 valence electrons. The van der Waals surface area contributed by atoms with Crippen LogP contribution in [0.15, 0.2) is 60.9 Å². The number of aromatic amines is 2. The zero-order chi connectivity index (χ0) is 36.1. The molecule has 2 aromatic heterocycles. The Bertz CT molecular complexity index is 1790. The molecule has 2 aromatic carbocycles. The molecule has 3 amide bonds. The molecular formula is C39H50N8O4. The first kappa shape index (κ1) is 35.8. The van der Waals surface area contributed by atoms with Crippen molar-refractivity contribution in [3.8, 4) is 33.6 Å². The molecule has 2 fully saturated rings. The summed E-state index contributed by atoms with van der Waals surface area (Å²) in [5, 5.41) is 11.3. The third kappa shape index (κ3) is 7.85. The molecule has 4 atom stereocenters. The summed E-state index contributed by atoms with van der Waals surface area (Å²) in [4.78, 5) is 59.9. The summed E-state index contributed by atoms with van der Waals surface area (Å²) >= 11 is 0. The largest absolute Gasteiger partial charge is 0.465 e. The first-order valence-electron chi connectivity index (χ1n) is 18.3. The predicted molar refractivity (Wildman–Crippen MR) is 197 cm³/mol. The van der Waals surface area contributed by atoms with E-state index in [2.05, 4.69) is 87.5 Å². The average molecular weight is 695 g/mol. The van der Waals surface area contributed by atoms with Gasteiger partial charge in [0.1, 0.15) is 17.7 Å². The standard InChI is InChI=1S/C39H50N8O4/c1-5-19-45(20-6-2)26(4)38(49)47-22-8-10-34(47)36-41-24-32(44-36)30-17-13-28(14-18-30)27-11-15-29(16-12-27)31-23-40-35(43-31)33-9-7-21-46(33)37(48)25(3)42-39(50)51/h11-18,23-26,33-34,42H,5-10,19-22H2,1-4H3,(H,40,43)(H,41,44)(H,50,51)/t25-,26-,33-,34-/m0/s1. The molecule has 0 aliphatic carbocycles. The van der Waals surface area contributed by atoms with Crippen molar-refractivity contribution in [2.24, 2.45) is 0 Å². The number of nitrogens with one attached hydrogen (secondary N) is 3. The van der Waals surface area contributed by atoms with E-state index < -0.39 is 12.1 Å². The maximum Gasteiger partial charge on any atom is 0.405 e. The second-order valence-corrected chi connectivity index (χ2v) is 13.8. The van der Waals surface area contributed by atoms with Crippen molar-refractivity contribution in [1.82, 2.24) is 40.0 Å². The quantitative estimate of drug-likeness (QED) is 0.123. The Balaban J connectivity index is 1.10. The third-order valence-corrected chi connectivity index (χ3v) is 10.3. The highest BCUT2D eigenvalue weighted by atomic mass is 16.4. The second-order valence-electron chi connectivity index (χ2n) is 13.8. The molecular weight excluding hydrogens is 644 g/mol. The number of amides is 3. The van der Waals surface area contributed by atoms with Crippen molar-refractivity contribution >= 4 is 17.9 Å². The molecule has 2 aliphatic heterocycles. The number of rotatable bonds is 13. The summed E-state index contributed by atoms with van der Waals surface area (Å²) < 4.78 is 0. The maximum atomic E-state index is 13.6. The van der Waals surface area contributed by atoms with E-state index in [1.807, 2.05) is 18.0 Å². The molecule has 12 heteroatoms. The van der Waals surface area contributed by atoms with E-state index in [-0.39, 0.29) is 29.9 Å². The zero-order valence-electron chi connectivity index (χ0n) is 30.1. The average Bonchev–Trinajstić information content (AvgIpc) is 3.97. The molecule has 4 aromatic rings. The predicted octanol–water partition coefficient (Wildman–Crippen LogP) is 6.63. The molecule has 0 radical (unpaired) electrons. The van der Waals surface area contributed by atoms with E-state index in [4.69, 9.17) is 10.1 Å². The van der Waals surface area contributed by atoms with E-state index in [0.29, 0.717) is 12.4 Å². The van der Waals surface area contributed by atoms with Gasteiger partial charge in [-0.1, -0.05) is 62.4 Å². The summed E-state index contributed by atoms with van der Waals surface area (Å²) in [7, 11) is 0. The van der Waals surface area contributed by atoms with Crippen molar-refractivity contribution in [3.63, 3.8) is 0 Å². The number of aromatic nitrogens is 4. The molecule has 4 N–H and O–H groups in total. The van der Waals surface area contributed by atoms with Gasteiger partial charge in [0, 0.05) is 13.1 Å². The van der Waals surface area contributed by atoms with Crippen LogP contribution in [0, 0.1) is 0 Å². The van der Waals surface area contributed by atoms with Crippen LogP contribution in [0.2, 0.25) is 0 Å². The summed E-state index contributed by atoms with van der Waals surface area (Å²) in [6, 6.07) is 15.5. The molecule has 4 heterocycles. The van der Waals surface area contributed by atoms with Crippen LogP contribution in [0.25, 0.3) is 33.6 Å². The van der Waals surface area contributed by atoms with Crippen molar-refractivity contribution in [2.75, 3.05) is 26.2 Å². The number of carbonyl (C=O) groups excluding carboxylic acids is 2. The van der Waals surface area contributed by atoms with Crippen molar-refractivity contribution < 1.29 is 19.5 Å². The van der Waals surface area contributed by atoms with Crippen LogP contribution in [-0.2, 0) is 9.59 Å². The number of hydrogen-bond acceptors (Lipinski definition) is 6. The fourth-order valence-corrected chi connectivity index (χ4v) is 7.58. The van der Waals surface area contributed by atoms with Crippen LogP contribution in [0.3, 0.4) is 0 Å². The Hall–Kier alpha value is -4.97. The molecule has 51 heavy (non-hydrogen) atoms. The minimum absolute atomic E-state index is 0.0352. The number of carboxylic acid groups (broad SMARTS) is 1. The number of imidazole rings is 2. The first-order chi connectivity index (χ1) is 24.7. The topological polar surface area (TPSA) is 151 Å². The number of nitrogens with zero attached hydrogens (tertiary/aromatic N) is 5. The fourth-order valence-electron chi connectivity index (χ4n) is 7.58. The lowest BCUT2D eigenvalue weighted by molar-refractivity contribution is -0.137. The first-order valence-corrected chi connectivity index (χ1v) is 18.3. The van der Waals surface area contributed by atoms with Crippen LogP contribution in [-0.4, -0.2) is 95.9 Å².